The van der Waals surface area contributed by atoms with Crippen molar-refractivity contribution in [2.75, 3.05) is 17.1 Å². The molecule has 2 amide bonds. The number of rotatable bonds is 9. The van der Waals surface area contributed by atoms with Crippen LogP contribution >= 0.6 is 0 Å². The van der Waals surface area contributed by atoms with Gasteiger partial charge in [-0.25, -0.2) is 8.42 Å². The Labute approximate surface area is 210 Å². The Balaban J connectivity index is 2.48. The molecule has 192 valence electrons. The maximum absolute atomic E-state index is 13.7. The zero-order valence-corrected chi connectivity index (χ0v) is 23.0. The first-order valence-corrected chi connectivity index (χ1v) is 13.7. The number of hydrogen-bond donors (Lipinski definition) is 1. The van der Waals surface area contributed by atoms with E-state index in [-0.39, 0.29) is 12.5 Å². The van der Waals surface area contributed by atoms with E-state index in [0.717, 1.165) is 32.8 Å². The number of nitrogens with zero attached hydrogens (tertiary/aromatic N) is 2. The third-order valence-electron chi connectivity index (χ3n) is 5.66. The van der Waals surface area contributed by atoms with Crippen molar-refractivity contribution in [3.05, 3.63) is 64.7 Å². The highest BCUT2D eigenvalue weighted by Gasteiger charge is 2.33. The van der Waals surface area contributed by atoms with Gasteiger partial charge in [0.05, 0.1) is 11.9 Å². The van der Waals surface area contributed by atoms with Crippen molar-refractivity contribution in [2.24, 2.45) is 0 Å². The highest BCUT2D eigenvalue weighted by atomic mass is 32.2. The molecule has 0 aromatic heterocycles. The maximum atomic E-state index is 13.7. The molecule has 1 N–H and O–H groups in total. The number of aryl methyl sites for hydroxylation is 3. The predicted octanol–water partition coefficient (Wildman–Crippen LogP) is 4.10. The summed E-state index contributed by atoms with van der Waals surface area (Å²) in [6.45, 7) is 13.0. The minimum atomic E-state index is -3.76. The fraction of sp³-hybridized carbons (Fsp3) is 0.481. The van der Waals surface area contributed by atoms with E-state index in [9.17, 15) is 18.0 Å². The second kappa shape index (κ2) is 11.2. The molecule has 0 radical (unpaired) electrons. The third-order valence-corrected chi connectivity index (χ3v) is 6.78. The van der Waals surface area contributed by atoms with Gasteiger partial charge in [0.2, 0.25) is 21.8 Å². The van der Waals surface area contributed by atoms with Gasteiger partial charge in [-0.15, -0.1) is 0 Å². The molecule has 7 nitrogen and oxygen atoms in total. The lowest BCUT2D eigenvalue weighted by Gasteiger charge is -2.34. The van der Waals surface area contributed by atoms with E-state index in [1.54, 1.807) is 6.07 Å². The molecule has 0 aliphatic rings. The first kappa shape index (κ1) is 28.4. The largest absolute Gasteiger partial charge is 0.350 e. The molecule has 2 aromatic rings. The molecule has 2 aromatic carbocycles. The molecule has 0 aliphatic heterocycles. The summed E-state index contributed by atoms with van der Waals surface area (Å²) in [7, 11) is -3.76. The lowest BCUT2D eigenvalue weighted by molar-refractivity contribution is -0.141. The molecular formula is C27H39N3O4S. The van der Waals surface area contributed by atoms with Gasteiger partial charge in [0.1, 0.15) is 12.6 Å². The second-order valence-corrected chi connectivity index (χ2v) is 12.1. The van der Waals surface area contributed by atoms with Crippen LogP contribution in [0.15, 0.2) is 42.5 Å². The van der Waals surface area contributed by atoms with Crippen LogP contribution in [0.1, 0.15) is 56.4 Å². The average Bonchev–Trinajstić information content (AvgIpc) is 2.71. The maximum Gasteiger partial charge on any atom is 0.244 e. The molecule has 1 atom stereocenters. The average molecular weight is 502 g/mol. The Kier molecular flexibility index (Phi) is 9.11. The van der Waals surface area contributed by atoms with Crippen molar-refractivity contribution >= 4 is 27.5 Å². The molecule has 2 rings (SSSR count). The first-order chi connectivity index (χ1) is 16.1. The Morgan fingerprint density at radius 1 is 0.971 bits per heavy atom. The molecule has 0 bridgehead atoms. The van der Waals surface area contributed by atoms with Crippen LogP contribution in [0.3, 0.4) is 0 Å². The van der Waals surface area contributed by atoms with Gasteiger partial charge < -0.3 is 10.2 Å². The summed E-state index contributed by atoms with van der Waals surface area (Å²) in [6, 6.07) is 12.4. The summed E-state index contributed by atoms with van der Waals surface area (Å²) in [5.74, 6) is -0.704. The van der Waals surface area contributed by atoms with E-state index in [1.807, 2.05) is 84.9 Å². The standard InChI is InChI=1S/C27H39N3O4S/c1-9-23(26(32)28-27(5,6)7)29(17-22-13-10-19(2)11-14-22)25(31)18-30(35(8,33)34)24-15-12-20(3)16-21(24)4/h10-16,23H,9,17-18H2,1-8H3,(H,28,32). The molecule has 35 heavy (non-hydrogen) atoms. The van der Waals surface area contributed by atoms with Gasteiger partial charge in [-0.3, -0.25) is 13.9 Å². The minimum absolute atomic E-state index is 0.194. The zero-order chi connectivity index (χ0) is 26.6. The van der Waals surface area contributed by atoms with Gasteiger partial charge in [-0.2, -0.15) is 0 Å². The Morgan fingerprint density at radius 3 is 2.03 bits per heavy atom. The highest BCUT2D eigenvalue weighted by Crippen LogP contribution is 2.24. The lowest BCUT2D eigenvalue weighted by Crippen LogP contribution is -2.55. The SMILES string of the molecule is CCC(C(=O)NC(C)(C)C)N(Cc1ccc(C)cc1)C(=O)CN(c1ccc(C)cc1C)S(C)(=O)=O. The van der Waals surface area contributed by atoms with Crippen LogP contribution in [0.2, 0.25) is 0 Å². The molecule has 0 saturated heterocycles. The smallest absolute Gasteiger partial charge is 0.244 e. The fourth-order valence-corrected chi connectivity index (χ4v) is 4.85. The van der Waals surface area contributed by atoms with Crippen LogP contribution in [-0.4, -0.2) is 49.5 Å². The Hall–Kier alpha value is -2.87. The van der Waals surface area contributed by atoms with E-state index in [0.29, 0.717) is 12.1 Å². The quantitative estimate of drug-likeness (QED) is 0.560. The van der Waals surface area contributed by atoms with Gasteiger partial charge in [-0.05, 0) is 65.2 Å². The number of carbonyl (C=O) groups excluding carboxylic acids is 2. The number of benzene rings is 2. The van der Waals surface area contributed by atoms with Crippen LogP contribution in [0.4, 0.5) is 5.69 Å². The van der Waals surface area contributed by atoms with Gasteiger partial charge in [0, 0.05) is 12.1 Å². The Bertz CT molecular complexity index is 1150. The summed E-state index contributed by atoms with van der Waals surface area (Å²) in [5.41, 5.74) is 3.68. The molecule has 0 spiro atoms. The summed E-state index contributed by atoms with van der Waals surface area (Å²) in [6.07, 6.45) is 1.48. The number of hydrogen-bond acceptors (Lipinski definition) is 4. The molecule has 8 heteroatoms. The van der Waals surface area contributed by atoms with Gasteiger partial charge in [0.25, 0.3) is 0 Å². The van der Waals surface area contributed by atoms with Gasteiger partial charge >= 0.3 is 0 Å². The molecular weight excluding hydrogens is 462 g/mol. The van der Waals surface area contributed by atoms with Crippen molar-refractivity contribution in [3.63, 3.8) is 0 Å². The van der Waals surface area contributed by atoms with Crippen LogP contribution in [-0.2, 0) is 26.2 Å². The topological polar surface area (TPSA) is 86.8 Å². The van der Waals surface area contributed by atoms with Crippen molar-refractivity contribution in [2.45, 2.75) is 73.0 Å². The van der Waals surface area contributed by atoms with Gasteiger partial charge in [-0.1, -0.05) is 54.4 Å². The van der Waals surface area contributed by atoms with Crippen LogP contribution in [0.5, 0.6) is 0 Å². The monoisotopic (exact) mass is 501 g/mol. The number of anilines is 1. The highest BCUT2D eigenvalue weighted by molar-refractivity contribution is 7.92. The lowest BCUT2D eigenvalue weighted by atomic mass is 10.1. The van der Waals surface area contributed by atoms with Crippen molar-refractivity contribution < 1.29 is 18.0 Å². The summed E-state index contributed by atoms with van der Waals surface area (Å²) < 4.78 is 26.6. The fourth-order valence-electron chi connectivity index (χ4n) is 3.94. The van der Waals surface area contributed by atoms with Gasteiger partial charge in [0.15, 0.2) is 0 Å². The first-order valence-electron chi connectivity index (χ1n) is 11.8. The number of carbonyl (C=O) groups is 2. The Morgan fingerprint density at radius 2 is 1.54 bits per heavy atom. The summed E-state index contributed by atoms with van der Waals surface area (Å²) in [4.78, 5) is 28.4. The molecule has 0 heterocycles. The zero-order valence-electron chi connectivity index (χ0n) is 22.2. The molecule has 1 unspecified atom stereocenters. The van der Waals surface area contributed by atoms with E-state index < -0.39 is 34.1 Å². The number of sulfonamides is 1. The molecule has 0 aliphatic carbocycles. The van der Waals surface area contributed by atoms with E-state index in [2.05, 4.69) is 5.32 Å². The minimum Gasteiger partial charge on any atom is -0.350 e. The van der Waals surface area contributed by atoms with Crippen molar-refractivity contribution in [3.8, 4) is 0 Å². The molecule has 0 fully saturated rings. The predicted molar refractivity (Wildman–Crippen MR) is 142 cm³/mol. The van der Waals surface area contributed by atoms with Crippen LogP contribution < -0.4 is 9.62 Å². The third kappa shape index (κ3) is 8.09. The van der Waals surface area contributed by atoms with E-state index >= 15 is 0 Å². The molecule has 0 saturated carbocycles. The normalized spacial score (nSPS) is 12.7. The van der Waals surface area contributed by atoms with Crippen molar-refractivity contribution in [1.82, 2.24) is 10.2 Å². The summed E-state index contributed by atoms with van der Waals surface area (Å²) in [5, 5.41) is 2.97. The van der Waals surface area contributed by atoms with Crippen LogP contribution in [0.25, 0.3) is 0 Å². The van der Waals surface area contributed by atoms with Crippen LogP contribution in [0, 0.1) is 20.8 Å². The second-order valence-electron chi connectivity index (χ2n) is 10.2. The van der Waals surface area contributed by atoms with E-state index in [1.165, 1.54) is 4.90 Å². The summed E-state index contributed by atoms with van der Waals surface area (Å²) >= 11 is 0. The van der Waals surface area contributed by atoms with E-state index in [4.69, 9.17) is 0 Å². The van der Waals surface area contributed by atoms with Crippen molar-refractivity contribution in [1.29, 1.82) is 0 Å². The number of nitrogens with one attached hydrogen (secondary N) is 1. The number of amides is 2.